The Hall–Kier alpha value is -1.06. The van der Waals surface area contributed by atoms with Gasteiger partial charge in [0.05, 0.1) is 6.04 Å². The second kappa shape index (κ2) is 7.30. The van der Waals surface area contributed by atoms with Gasteiger partial charge in [0.2, 0.25) is 5.91 Å². The molecule has 0 spiro atoms. The number of nitrogens with one attached hydrogen (secondary N) is 2. The Balaban J connectivity index is 0.00000144. The van der Waals surface area contributed by atoms with Crippen LogP contribution in [0.3, 0.4) is 0 Å². The number of amides is 1. The van der Waals surface area contributed by atoms with E-state index in [0.29, 0.717) is 6.54 Å². The molecule has 17 heavy (non-hydrogen) atoms. The fourth-order valence-corrected chi connectivity index (χ4v) is 1.98. The van der Waals surface area contributed by atoms with Crippen LogP contribution in [-0.4, -0.2) is 18.5 Å². The maximum absolute atomic E-state index is 11.8. The lowest BCUT2D eigenvalue weighted by Gasteiger charge is -2.22. The van der Waals surface area contributed by atoms with Crippen LogP contribution < -0.4 is 10.6 Å². The summed E-state index contributed by atoms with van der Waals surface area (Å²) in [5, 5.41) is 6.21. The van der Waals surface area contributed by atoms with Gasteiger partial charge in [-0.2, -0.15) is 0 Å². The van der Waals surface area contributed by atoms with Gasteiger partial charge in [-0.3, -0.25) is 4.79 Å². The predicted octanol–water partition coefficient (Wildman–Crippen LogP) is 1.87. The van der Waals surface area contributed by atoms with Crippen LogP contribution >= 0.6 is 12.4 Å². The zero-order valence-corrected chi connectivity index (χ0v) is 10.6. The Labute approximate surface area is 108 Å². The quantitative estimate of drug-likeness (QED) is 0.865. The molecule has 1 aliphatic heterocycles. The lowest BCUT2D eigenvalue weighted by molar-refractivity contribution is -0.123. The molecular formula is C13H19ClN2O. The van der Waals surface area contributed by atoms with Gasteiger partial charge in [0.25, 0.3) is 0 Å². The zero-order chi connectivity index (χ0) is 11.2. The van der Waals surface area contributed by atoms with E-state index in [4.69, 9.17) is 0 Å². The van der Waals surface area contributed by atoms with Crippen LogP contribution in [0.1, 0.15) is 24.8 Å². The highest BCUT2D eigenvalue weighted by Gasteiger charge is 2.19. The van der Waals surface area contributed by atoms with E-state index in [1.165, 1.54) is 6.42 Å². The molecule has 0 radical (unpaired) electrons. The molecule has 4 heteroatoms. The molecule has 1 heterocycles. The first-order chi connectivity index (χ1) is 7.86. The summed E-state index contributed by atoms with van der Waals surface area (Å²) in [7, 11) is 0. The van der Waals surface area contributed by atoms with Crippen LogP contribution in [0, 0.1) is 0 Å². The average Bonchev–Trinajstić information content (AvgIpc) is 2.38. The zero-order valence-electron chi connectivity index (χ0n) is 9.82. The van der Waals surface area contributed by atoms with Gasteiger partial charge in [-0.15, -0.1) is 12.4 Å². The van der Waals surface area contributed by atoms with Crippen LogP contribution in [0.2, 0.25) is 0 Å². The molecule has 0 aromatic heterocycles. The van der Waals surface area contributed by atoms with Gasteiger partial charge in [0.15, 0.2) is 0 Å². The molecule has 0 aliphatic carbocycles. The molecular weight excluding hydrogens is 236 g/mol. The number of hydrogen-bond acceptors (Lipinski definition) is 2. The molecule has 1 aromatic carbocycles. The topological polar surface area (TPSA) is 41.1 Å². The smallest absolute Gasteiger partial charge is 0.237 e. The summed E-state index contributed by atoms with van der Waals surface area (Å²) in [6.07, 6.45) is 3.29. The monoisotopic (exact) mass is 254 g/mol. The average molecular weight is 255 g/mol. The maximum atomic E-state index is 11.8. The van der Waals surface area contributed by atoms with Gasteiger partial charge in [-0.25, -0.2) is 0 Å². The Bertz CT molecular complexity index is 337. The fourth-order valence-electron chi connectivity index (χ4n) is 1.98. The van der Waals surface area contributed by atoms with Gasteiger partial charge in [-0.1, -0.05) is 36.8 Å². The number of benzene rings is 1. The van der Waals surface area contributed by atoms with E-state index in [2.05, 4.69) is 10.6 Å². The van der Waals surface area contributed by atoms with Crippen LogP contribution in [0.4, 0.5) is 0 Å². The van der Waals surface area contributed by atoms with E-state index in [9.17, 15) is 4.79 Å². The molecule has 1 unspecified atom stereocenters. The second-order valence-electron chi connectivity index (χ2n) is 4.21. The molecule has 1 aromatic rings. The van der Waals surface area contributed by atoms with Crippen molar-refractivity contribution in [2.45, 2.75) is 31.8 Å². The van der Waals surface area contributed by atoms with Crippen molar-refractivity contribution >= 4 is 18.3 Å². The maximum Gasteiger partial charge on any atom is 0.237 e. The highest BCUT2D eigenvalue weighted by atomic mass is 35.5. The highest BCUT2D eigenvalue weighted by Crippen LogP contribution is 2.07. The van der Waals surface area contributed by atoms with E-state index < -0.39 is 0 Å². The number of hydrogen-bond donors (Lipinski definition) is 2. The van der Waals surface area contributed by atoms with E-state index in [1.807, 2.05) is 30.3 Å². The minimum absolute atomic E-state index is 0. The molecule has 1 atom stereocenters. The molecule has 1 saturated heterocycles. The normalized spacial score (nSPS) is 19.2. The van der Waals surface area contributed by atoms with E-state index in [1.54, 1.807) is 0 Å². The molecule has 2 N–H and O–H groups in total. The van der Waals surface area contributed by atoms with E-state index >= 15 is 0 Å². The molecule has 1 amide bonds. The number of rotatable bonds is 3. The summed E-state index contributed by atoms with van der Waals surface area (Å²) in [4.78, 5) is 11.8. The SMILES string of the molecule is Cl.O=C(NCc1ccccc1)C1CCCCN1. The standard InChI is InChI=1S/C13H18N2O.ClH/c16-13(12-8-4-5-9-14-12)15-10-11-6-2-1-3-7-11;/h1-3,6-7,12,14H,4-5,8-10H2,(H,15,16);1H. The Morgan fingerprint density at radius 1 is 1.29 bits per heavy atom. The predicted molar refractivity (Wildman–Crippen MR) is 71.2 cm³/mol. The third kappa shape index (κ3) is 4.36. The second-order valence-corrected chi connectivity index (χ2v) is 4.21. The Morgan fingerprint density at radius 3 is 2.71 bits per heavy atom. The van der Waals surface area contributed by atoms with Gasteiger partial charge >= 0.3 is 0 Å². The van der Waals surface area contributed by atoms with Crippen LogP contribution in [-0.2, 0) is 11.3 Å². The summed E-state index contributed by atoms with van der Waals surface area (Å²) in [5.41, 5.74) is 1.15. The van der Waals surface area contributed by atoms with E-state index in [-0.39, 0.29) is 24.4 Å². The summed E-state index contributed by atoms with van der Waals surface area (Å²) >= 11 is 0. The molecule has 0 saturated carbocycles. The number of carbonyl (C=O) groups excluding carboxylic acids is 1. The van der Waals surface area contributed by atoms with Gasteiger partial charge in [0, 0.05) is 6.54 Å². The molecule has 2 rings (SSSR count). The van der Waals surface area contributed by atoms with Crippen molar-refractivity contribution in [1.82, 2.24) is 10.6 Å². The minimum Gasteiger partial charge on any atom is -0.351 e. The molecule has 94 valence electrons. The van der Waals surface area contributed by atoms with Crippen molar-refractivity contribution in [3.8, 4) is 0 Å². The molecule has 1 aliphatic rings. The summed E-state index contributed by atoms with van der Waals surface area (Å²) in [6, 6.07) is 10.0. The number of piperidine rings is 1. The first-order valence-electron chi connectivity index (χ1n) is 5.91. The van der Waals surface area contributed by atoms with Crippen molar-refractivity contribution in [3.05, 3.63) is 35.9 Å². The van der Waals surface area contributed by atoms with Crippen LogP contribution in [0.25, 0.3) is 0 Å². The lowest BCUT2D eigenvalue weighted by Crippen LogP contribution is -2.46. The lowest BCUT2D eigenvalue weighted by atomic mass is 10.0. The summed E-state index contributed by atoms with van der Waals surface area (Å²) in [6.45, 7) is 1.58. The van der Waals surface area contributed by atoms with Crippen molar-refractivity contribution in [3.63, 3.8) is 0 Å². The van der Waals surface area contributed by atoms with Crippen LogP contribution in [0.5, 0.6) is 0 Å². The van der Waals surface area contributed by atoms with Gasteiger partial charge in [0.1, 0.15) is 0 Å². The summed E-state index contributed by atoms with van der Waals surface area (Å²) in [5.74, 6) is 0.128. The van der Waals surface area contributed by atoms with Crippen molar-refractivity contribution in [2.75, 3.05) is 6.54 Å². The minimum atomic E-state index is 0. The van der Waals surface area contributed by atoms with Crippen molar-refractivity contribution < 1.29 is 4.79 Å². The van der Waals surface area contributed by atoms with Crippen LogP contribution in [0.15, 0.2) is 30.3 Å². The number of carbonyl (C=O) groups is 1. The molecule has 1 fully saturated rings. The molecule has 3 nitrogen and oxygen atoms in total. The van der Waals surface area contributed by atoms with Crippen molar-refractivity contribution in [1.29, 1.82) is 0 Å². The molecule has 0 bridgehead atoms. The fraction of sp³-hybridized carbons (Fsp3) is 0.462. The van der Waals surface area contributed by atoms with E-state index in [0.717, 1.165) is 24.9 Å². The van der Waals surface area contributed by atoms with Crippen molar-refractivity contribution in [2.24, 2.45) is 0 Å². The first-order valence-corrected chi connectivity index (χ1v) is 5.91. The Kier molecular flexibility index (Phi) is 6.01. The number of halogens is 1. The Morgan fingerprint density at radius 2 is 2.06 bits per heavy atom. The first kappa shape index (κ1) is 14.0. The summed E-state index contributed by atoms with van der Waals surface area (Å²) < 4.78 is 0. The third-order valence-corrected chi connectivity index (χ3v) is 2.94. The third-order valence-electron chi connectivity index (χ3n) is 2.94. The largest absolute Gasteiger partial charge is 0.351 e. The highest BCUT2D eigenvalue weighted by molar-refractivity contribution is 5.85. The van der Waals surface area contributed by atoms with Gasteiger partial charge < -0.3 is 10.6 Å². The van der Waals surface area contributed by atoms with Gasteiger partial charge in [-0.05, 0) is 24.9 Å².